The van der Waals surface area contributed by atoms with E-state index in [-0.39, 0.29) is 23.1 Å². The largest absolute Gasteiger partial charge is 0.478 e. The number of carbonyl (C=O) groups excluding carboxylic acids is 1. The van der Waals surface area contributed by atoms with Crippen molar-refractivity contribution < 1.29 is 19.6 Å². The number of nitro benzene ring substituents is 1. The van der Waals surface area contributed by atoms with Gasteiger partial charge in [-0.05, 0) is 24.5 Å². The number of aromatic carboxylic acids is 1. The van der Waals surface area contributed by atoms with E-state index in [4.69, 9.17) is 5.11 Å². The third-order valence-electron chi connectivity index (χ3n) is 4.70. The minimum atomic E-state index is -1.31. The van der Waals surface area contributed by atoms with Gasteiger partial charge in [-0.25, -0.2) is 4.79 Å². The van der Waals surface area contributed by atoms with E-state index in [9.17, 15) is 19.7 Å². The second-order valence-electron chi connectivity index (χ2n) is 6.36. The monoisotopic (exact) mass is 354 g/mol. The highest BCUT2D eigenvalue weighted by Crippen LogP contribution is 2.34. The van der Waals surface area contributed by atoms with Gasteiger partial charge in [-0.2, -0.15) is 0 Å². The molecule has 0 unspecified atom stereocenters. The molecule has 0 spiro atoms. The Morgan fingerprint density at radius 1 is 1.08 bits per heavy atom. The fourth-order valence-electron chi connectivity index (χ4n) is 3.45. The molecule has 7 heteroatoms. The highest BCUT2D eigenvalue weighted by molar-refractivity contribution is 5.98. The van der Waals surface area contributed by atoms with Crippen LogP contribution in [0.1, 0.15) is 51.5 Å². The van der Waals surface area contributed by atoms with Gasteiger partial charge in [-0.15, -0.1) is 0 Å². The Kier molecular flexibility index (Phi) is 4.97. The van der Waals surface area contributed by atoms with Gasteiger partial charge in [0.25, 0.3) is 11.6 Å². The third kappa shape index (κ3) is 3.72. The van der Waals surface area contributed by atoms with Crippen molar-refractivity contribution in [3.8, 4) is 0 Å². The average Bonchev–Trinajstić information content (AvgIpc) is 3.10. The Morgan fingerprint density at radius 2 is 1.77 bits per heavy atom. The molecule has 26 heavy (non-hydrogen) atoms. The van der Waals surface area contributed by atoms with Crippen LogP contribution in [0.5, 0.6) is 0 Å². The molecular weight excluding hydrogens is 336 g/mol. The maximum Gasteiger partial charge on any atom is 0.335 e. The molecule has 0 aromatic heterocycles. The van der Waals surface area contributed by atoms with Gasteiger partial charge in [0.2, 0.25) is 0 Å². The quantitative estimate of drug-likeness (QED) is 0.632. The number of nitrogens with zero attached hydrogens (tertiary/aromatic N) is 1. The molecule has 2 aromatic carbocycles. The van der Waals surface area contributed by atoms with Crippen LogP contribution in [0.15, 0.2) is 48.5 Å². The van der Waals surface area contributed by atoms with Crippen molar-refractivity contribution in [2.45, 2.75) is 31.2 Å². The maximum absolute atomic E-state index is 12.6. The van der Waals surface area contributed by atoms with E-state index in [1.54, 1.807) is 0 Å². The first kappa shape index (κ1) is 17.6. The van der Waals surface area contributed by atoms with E-state index >= 15 is 0 Å². The Bertz CT molecular complexity index is 818. The number of carboxylic acid groups (broad SMARTS) is 1. The van der Waals surface area contributed by atoms with Crippen LogP contribution < -0.4 is 5.32 Å². The minimum Gasteiger partial charge on any atom is -0.478 e. The molecule has 7 nitrogen and oxygen atoms in total. The van der Waals surface area contributed by atoms with Crippen LogP contribution >= 0.6 is 0 Å². The van der Waals surface area contributed by atoms with Crippen LogP contribution in [-0.2, 0) is 0 Å². The standard InChI is InChI=1S/C19H18N2O5/c22-18(13-9-14(19(23)24)11-15(10-13)21(25)26)20-17-8-4-7-16(17)12-5-2-1-3-6-12/h1-3,5-6,9-11,16-17H,4,7-8H2,(H,20,22)(H,23,24)/t16-,17+/m0/s1. The summed E-state index contributed by atoms with van der Waals surface area (Å²) in [5.41, 5.74) is 0.423. The maximum atomic E-state index is 12.6. The molecule has 0 heterocycles. The zero-order valence-electron chi connectivity index (χ0n) is 13.9. The van der Waals surface area contributed by atoms with Gasteiger partial charge in [0.05, 0.1) is 10.5 Å². The second-order valence-corrected chi connectivity index (χ2v) is 6.36. The van der Waals surface area contributed by atoms with Crippen molar-refractivity contribution in [1.29, 1.82) is 0 Å². The number of nitro groups is 1. The molecular formula is C19H18N2O5. The molecule has 0 bridgehead atoms. The molecule has 1 aliphatic rings. The van der Waals surface area contributed by atoms with E-state index in [0.29, 0.717) is 0 Å². The lowest BCUT2D eigenvalue weighted by Crippen LogP contribution is -2.36. The van der Waals surface area contributed by atoms with Crippen molar-refractivity contribution in [2.75, 3.05) is 0 Å². The Morgan fingerprint density at radius 3 is 2.42 bits per heavy atom. The number of hydrogen-bond donors (Lipinski definition) is 2. The molecule has 2 aromatic rings. The molecule has 1 amide bonds. The molecule has 1 fully saturated rings. The summed E-state index contributed by atoms with van der Waals surface area (Å²) in [5.74, 6) is -1.63. The predicted octanol–water partition coefficient (Wildman–Crippen LogP) is 3.36. The summed E-state index contributed by atoms with van der Waals surface area (Å²) in [4.78, 5) is 34.1. The van der Waals surface area contributed by atoms with Gasteiger partial charge in [0, 0.05) is 29.7 Å². The van der Waals surface area contributed by atoms with E-state index < -0.39 is 22.5 Å². The molecule has 0 saturated heterocycles. The number of amides is 1. The normalized spacial score (nSPS) is 19.1. The van der Waals surface area contributed by atoms with Crippen LogP contribution in [0.4, 0.5) is 5.69 Å². The smallest absolute Gasteiger partial charge is 0.335 e. The molecule has 3 rings (SSSR count). The van der Waals surface area contributed by atoms with E-state index in [1.807, 2.05) is 30.3 Å². The topological polar surface area (TPSA) is 110 Å². The minimum absolute atomic E-state index is 0.0182. The molecule has 2 atom stereocenters. The number of non-ortho nitro benzene ring substituents is 1. The molecule has 2 N–H and O–H groups in total. The number of hydrogen-bond acceptors (Lipinski definition) is 4. The van der Waals surface area contributed by atoms with Crippen LogP contribution in [0, 0.1) is 10.1 Å². The molecule has 134 valence electrons. The summed E-state index contributed by atoms with van der Waals surface area (Å²) < 4.78 is 0. The highest BCUT2D eigenvalue weighted by atomic mass is 16.6. The lowest BCUT2D eigenvalue weighted by Gasteiger charge is -2.21. The summed E-state index contributed by atoms with van der Waals surface area (Å²) >= 11 is 0. The van der Waals surface area contributed by atoms with Gasteiger partial charge in [-0.1, -0.05) is 36.8 Å². The fourth-order valence-corrected chi connectivity index (χ4v) is 3.45. The summed E-state index contributed by atoms with van der Waals surface area (Å²) in [6.45, 7) is 0. The van der Waals surface area contributed by atoms with Crippen molar-refractivity contribution >= 4 is 17.6 Å². The molecule has 1 aliphatic carbocycles. The van der Waals surface area contributed by atoms with Crippen LogP contribution in [0.2, 0.25) is 0 Å². The van der Waals surface area contributed by atoms with E-state index in [0.717, 1.165) is 43.0 Å². The number of rotatable bonds is 5. The number of nitrogens with one attached hydrogen (secondary N) is 1. The molecule has 0 aliphatic heterocycles. The van der Waals surface area contributed by atoms with Gasteiger partial charge in [-0.3, -0.25) is 14.9 Å². The van der Waals surface area contributed by atoms with Gasteiger partial charge in [0.15, 0.2) is 0 Å². The predicted molar refractivity (Wildman–Crippen MR) is 94.3 cm³/mol. The third-order valence-corrected chi connectivity index (χ3v) is 4.70. The zero-order chi connectivity index (χ0) is 18.7. The second kappa shape index (κ2) is 7.35. The van der Waals surface area contributed by atoms with Gasteiger partial charge in [0.1, 0.15) is 0 Å². The first-order valence-electron chi connectivity index (χ1n) is 8.34. The van der Waals surface area contributed by atoms with E-state index in [2.05, 4.69) is 5.32 Å². The lowest BCUT2D eigenvalue weighted by molar-refractivity contribution is -0.384. The SMILES string of the molecule is O=C(O)c1cc(C(=O)N[C@@H]2CCC[C@H]2c2ccccc2)cc([N+](=O)[O-])c1. The van der Waals surface area contributed by atoms with E-state index in [1.165, 1.54) is 0 Å². The summed E-state index contributed by atoms with van der Waals surface area (Å²) in [7, 11) is 0. The Balaban J connectivity index is 1.83. The average molecular weight is 354 g/mol. The van der Waals surface area contributed by atoms with Crippen LogP contribution in [0.25, 0.3) is 0 Å². The highest BCUT2D eigenvalue weighted by Gasteiger charge is 2.30. The van der Waals surface area contributed by atoms with Crippen LogP contribution in [-0.4, -0.2) is 27.9 Å². The van der Waals surface area contributed by atoms with Crippen LogP contribution in [0.3, 0.4) is 0 Å². The summed E-state index contributed by atoms with van der Waals surface area (Å²) in [6, 6.07) is 13.0. The van der Waals surface area contributed by atoms with Gasteiger partial charge >= 0.3 is 5.97 Å². The van der Waals surface area contributed by atoms with Crippen molar-refractivity contribution in [3.05, 3.63) is 75.3 Å². The van der Waals surface area contributed by atoms with Gasteiger partial charge < -0.3 is 10.4 Å². The number of carbonyl (C=O) groups is 2. The lowest BCUT2D eigenvalue weighted by atomic mass is 9.94. The zero-order valence-corrected chi connectivity index (χ0v) is 13.9. The van der Waals surface area contributed by atoms with Crippen molar-refractivity contribution in [1.82, 2.24) is 5.32 Å². The number of benzene rings is 2. The fraction of sp³-hybridized carbons (Fsp3) is 0.263. The first-order chi connectivity index (χ1) is 12.5. The Hall–Kier alpha value is -3.22. The molecule has 1 saturated carbocycles. The summed E-state index contributed by atoms with van der Waals surface area (Å²) in [5, 5.41) is 23.1. The van der Waals surface area contributed by atoms with Crippen molar-refractivity contribution in [2.24, 2.45) is 0 Å². The molecule has 0 radical (unpaired) electrons. The number of carboxylic acids is 1. The Labute approximate surface area is 149 Å². The first-order valence-corrected chi connectivity index (χ1v) is 8.34. The summed E-state index contributed by atoms with van der Waals surface area (Å²) in [6.07, 6.45) is 2.73. The van der Waals surface area contributed by atoms with Crippen molar-refractivity contribution in [3.63, 3.8) is 0 Å².